The summed E-state index contributed by atoms with van der Waals surface area (Å²) in [5.74, 6) is -2.81. The minimum atomic E-state index is -1.41. The summed E-state index contributed by atoms with van der Waals surface area (Å²) >= 11 is 0. The van der Waals surface area contributed by atoms with E-state index in [0.29, 0.717) is 10.8 Å². The summed E-state index contributed by atoms with van der Waals surface area (Å²) in [5.41, 5.74) is -0.310. The highest BCUT2D eigenvalue weighted by Crippen LogP contribution is 2.20. The summed E-state index contributed by atoms with van der Waals surface area (Å²) in [6, 6.07) is 9.02. The molecule has 2 rings (SSSR count). The van der Waals surface area contributed by atoms with Crippen molar-refractivity contribution in [3.8, 4) is 0 Å². The number of carboxylic acids is 2. The van der Waals surface area contributed by atoms with Crippen molar-refractivity contribution >= 4 is 22.7 Å². The molecule has 16 heavy (non-hydrogen) atoms. The van der Waals surface area contributed by atoms with Crippen molar-refractivity contribution in [2.45, 2.75) is 0 Å². The molecule has 0 spiro atoms. The highest BCUT2D eigenvalue weighted by Gasteiger charge is 2.05. The molecule has 0 unspecified atom stereocenters. The van der Waals surface area contributed by atoms with Gasteiger partial charge in [0.15, 0.2) is 0 Å². The molecule has 0 aromatic heterocycles. The van der Waals surface area contributed by atoms with Crippen LogP contribution in [0.15, 0.2) is 36.4 Å². The van der Waals surface area contributed by atoms with Gasteiger partial charge in [0.25, 0.3) is 0 Å². The molecule has 4 nitrogen and oxygen atoms in total. The van der Waals surface area contributed by atoms with Crippen LogP contribution in [0, 0.1) is 0 Å². The Labute approximate surface area is 90.8 Å². The summed E-state index contributed by atoms with van der Waals surface area (Å²) in [4.78, 5) is 21.6. The Morgan fingerprint density at radius 2 is 1.62 bits per heavy atom. The lowest BCUT2D eigenvalue weighted by molar-refractivity contribution is -0.255. The van der Waals surface area contributed by atoms with Gasteiger partial charge in [-0.3, -0.25) is 0 Å². The molecule has 0 aliphatic rings. The van der Waals surface area contributed by atoms with E-state index in [1.54, 1.807) is 24.3 Å². The summed E-state index contributed by atoms with van der Waals surface area (Å²) < 4.78 is 0. The maximum Gasteiger partial charge on any atom is 0.0721 e. The molecule has 0 amide bonds. The Balaban J connectivity index is 2.84. The third kappa shape index (κ3) is 1.61. The van der Waals surface area contributed by atoms with Crippen molar-refractivity contribution in [3.05, 3.63) is 47.5 Å². The third-order valence-electron chi connectivity index (χ3n) is 2.32. The highest BCUT2D eigenvalue weighted by molar-refractivity contribution is 6.06. The largest absolute Gasteiger partial charge is 0.545 e. The predicted molar refractivity (Wildman–Crippen MR) is 52.6 cm³/mol. The van der Waals surface area contributed by atoms with Crippen LogP contribution in [0.4, 0.5) is 0 Å². The summed E-state index contributed by atoms with van der Waals surface area (Å²) in [7, 11) is 0. The predicted octanol–water partition coefficient (Wildman–Crippen LogP) is -0.433. The van der Waals surface area contributed by atoms with Crippen LogP contribution in [0.2, 0.25) is 0 Å². The van der Waals surface area contributed by atoms with E-state index in [1.807, 2.05) is 0 Å². The fourth-order valence-corrected chi connectivity index (χ4v) is 1.60. The maximum absolute atomic E-state index is 10.9. The van der Waals surface area contributed by atoms with Crippen LogP contribution in [0.3, 0.4) is 0 Å². The number of carbonyl (C=O) groups is 2. The molecule has 80 valence electrons. The number of aromatic carboxylic acids is 2. The fraction of sp³-hybridized carbons (Fsp3) is 0. The second kappa shape index (κ2) is 3.66. The van der Waals surface area contributed by atoms with Crippen LogP contribution in [0.25, 0.3) is 10.8 Å². The number of rotatable bonds is 2. The normalized spacial score (nSPS) is 10.2. The Hall–Kier alpha value is -2.36. The van der Waals surface area contributed by atoms with Gasteiger partial charge < -0.3 is 19.8 Å². The van der Waals surface area contributed by atoms with E-state index in [9.17, 15) is 19.8 Å². The number of carbonyl (C=O) groups excluding carboxylic acids is 2. The first-order valence-corrected chi connectivity index (χ1v) is 4.55. The van der Waals surface area contributed by atoms with Gasteiger partial charge in [-0.05, 0) is 28.5 Å². The standard InChI is InChI=1S/C12H8O4/c13-11(14)8-5-7-3-1-2-4-9(7)10(6-8)12(15)16/h1-6H,(H,13,14)(H,15,16)/p-2. The number of benzene rings is 2. The summed E-state index contributed by atoms with van der Waals surface area (Å²) in [5, 5.41) is 22.5. The molecule has 4 heteroatoms. The van der Waals surface area contributed by atoms with Crippen LogP contribution in [-0.4, -0.2) is 11.9 Å². The molecule has 2 aromatic carbocycles. The van der Waals surface area contributed by atoms with Gasteiger partial charge in [0, 0.05) is 5.56 Å². The topological polar surface area (TPSA) is 80.3 Å². The summed E-state index contributed by atoms with van der Waals surface area (Å²) in [6.45, 7) is 0. The van der Waals surface area contributed by atoms with E-state index >= 15 is 0 Å². The maximum atomic E-state index is 10.9. The monoisotopic (exact) mass is 214 g/mol. The molecule has 2 aromatic rings. The van der Waals surface area contributed by atoms with E-state index in [-0.39, 0.29) is 11.1 Å². The van der Waals surface area contributed by atoms with Crippen LogP contribution in [0.1, 0.15) is 20.7 Å². The van der Waals surface area contributed by atoms with Crippen LogP contribution >= 0.6 is 0 Å². The lowest BCUT2D eigenvalue weighted by Gasteiger charge is -2.11. The minimum absolute atomic E-state index is 0.141. The number of fused-ring (bicyclic) bond motifs is 1. The first kappa shape index (κ1) is 10.2. The summed E-state index contributed by atoms with van der Waals surface area (Å²) in [6.07, 6.45) is 0. The molecule has 0 atom stereocenters. The van der Waals surface area contributed by atoms with E-state index < -0.39 is 11.9 Å². The van der Waals surface area contributed by atoms with Gasteiger partial charge in [-0.2, -0.15) is 0 Å². The first-order chi connectivity index (χ1) is 7.59. The zero-order valence-electron chi connectivity index (χ0n) is 8.10. The van der Waals surface area contributed by atoms with Crippen molar-refractivity contribution in [1.82, 2.24) is 0 Å². The Morgan fingerprint density at radius 1 is 0.938 bits per heavy atom. The first-order valence-electron chi connectivity index (χ1n) is 4.55. The zero-order chi connectivity index (χ0) is 11.7. The number of hydrogen-bond donors (Lipinski definition) is 0. The van der Waals surface area contributed by atoms with Crippen molar-refractivity contribution in [1.29, 1.82) is 0 Å². The average molecular weight is 214 g/mol. The minimum Gasteiger partial charge on any atom is -0.545 e. The average Bonchev–Trinajstić information content (AvgIpc) is 2.27. The Morgan fingerprint density at radius 3 is 2.25 bits per heavy atom. The van der Waals surface area contributed by atoms with Gasteiger partial charge in [-0.15, -0.1) is 0 Å². The van der Waals surface area contributed by atoms with Gasteiger partial charge >= 0.3 is 0 Å². The van der Waals surface area contributed by atoms with Gasteiger partial charge in [0.1, 0.15) is 0 Å². The third-order valence-corrected chi connectivity index (χ3v) is 2.32. The quantitative estimate of drug-likeness (QED) is 0.679. The molecule has 0 N–H and O–H groups in total. The van der Waals surface area contributed by atoms with E-state index in [1.165, 1.54) is 6.07 Å². The van der Waals surface area contributed by atoms with E-state index in [0.717, 1.165) is 6.07 Å². The van der Waals surface area contributed by atoms with Gasteiger partial charge in [0.2, 0.25) is 0 Å². The second-order valence-electron chi connectivity index (χ2n) is 3.32. The molecule has 0 heterocycles. The molecule has 0 saturated heterocycles. The molecule has 0 fully saturated rings. The van der Waals surface area contributed by atoms with Gasteiger partial charge in [-0.1, -0.05) is 24.3 Å². The van der Waals surface area contributed by atoms with Crippen molar-refractivity contribution < 1.29 is 19.8 Å². The van der Waals surface area contributed by atoms with Gasteiger partial charge in [0.05, 0.1) is 11.9 Å². The highest BCUT2D eigenvalue weighted by atomic mass is 16.4. The van der Waals surface area contributed by atoms with Crippen LogP contribution in [0.5, 0.6) is 0 Å². The molecule has 0 aliphatic carbocycles. The second-order valence-corrected chi connectivity index (χ2v) is 3.32. The molecular formula is C12H6O4-2. The molecule has 0 aliphatic heterocycles. The van der Waals surface area contributed by atoms with Crippen LogP contribution < -0.4 is 10.2 Å². The molecule has 0 saturated carbocycles. The Kier molecular flexibility index (Phi) is 2.32. The van der Waals surface area contributed by atoms with Crippen molar-refractivity contribution in [2.24, 2.45) is 0 Å². The van der Waals surface area contributed by atoms with E-state index in [2.05, 4.69) is 0 Å². The fourth-order valence-electron chi connectivity index (χ4n) is 1.60. The number of hydrogen-bond acceptors (Lipinski definition) is 4. The van der Waals surface area contributed by atoms with Crippen molar-refractivity contribution in [2.75, 3.05) is 0 Å². The zero-order valence-corrected chi connectivity index (χ0v) is 8.10. The van der Waals surface area contributed by atoms with Crippen LogP contribution in [-0.2, 0) is 0 Å². The molecule has 0 radical (unpaired) electrons. The van der Waals surface area contributed by atoms with Crippen molar-refractivity contribution in [3.63, 3.8) is 0 Å². The Bertz CT molecular complexity index is 587. The SMILES string of the molecule is O=C([O-])c1cc(C(=O)[O-])c2ccccc2c1. The smallest absolute Gasteiger partial charge is 0.0721 e. The van der Waals surface area contributed by atoms with E-state index in [4.69, 9.17) is 0 Å². The molecular weight excluding hydrogens is 208 g/mol. The van der Waals surface area contributed by atoms with Gasteiger partial charge in [-0.25, -0.2) is 0 Å². The number of carboxylic acid groups (broad SMARTS) is 2. The molecule has 0 bridgehead atoms. The lowest BCUT2D eigenvalue weighted by Crippen LogP contribution is -2.25. The lowest BCUT2D eigenvalue weighted by atomic mass is 10.0.